The minimum Gasteiger partial charge on any atom is -0.361 e. The number of para-hydroxylation sites is 2. The van der Waals surface area contributed by atoms with Crippen molar-refractivity contribution in [2.45, 2.75) is 12.8 Å². The number of hydrogen-bond donors (Lipinski definition) is 2. The van der Waals surface area contributed by atoms with E-state index in [0.29, 0.717) is 16.8 Å². The van der Waals surface area contributed by atoms with Crippen molar-refractivity contribution in [1.82, 2.24) is 14.8 Å². The quantitative estimate of drug-likeness (QED) is 0.305. The van der Waals surface area contributed by atoms with Gasteiger partial charge in [-0.2, -0.15) is 0 Å². The van der Waals surface area contributed by atoms with Crippen molar-refractivity contribution in [3.8, 4) is 5.69 Å². The molecule has 0 radical (unpaired) electrons. The molecular weight excluding hydrogens is 404 g/mol. The van der Waals surface area contributed by atoms with Gasteiger partial charge in [-0.05, 0) is 36.2 Å². The molecule has 1 unspecified atom stereocenters. The standard InChI is InChI=1S/C25H20N4O3/c1-16-23(25(30)28(27-16)18-9-3-2-4-10-18)24(17-8-7-11-19(14-17)29(31)32)21-15-26-22-13-6-5-12-20(21)22/h2-15,24,26-27H,1H3. The van der Waals surface area contributed by atoms with E-state index in [0.717, 1.165) is 22.2 Å². The Morgan fingerprint density at radius 3 is 2.50 bits per heavy atom. The summed E-state index contributed by atoms with van der Waals surface area (Å²) in [6, 6.07) is 23.7. The van der Waals surface area contributed by atoms with Crippen LogP contribution in [0, 0.1) is 17.0 Å². The molecule has 7 heteroatoms. The number of benzene rings is 3. The summed E-state index contributed by atoms with van der Waals surface area (Å²) in [7, 11) is 0. The molecule has 0 aliphatic rings. The maximum atomic E-state index is 13.6. The number of non-ortho nitro benzene ring substituents is 1. The van der Waals surface area contributed by atoms with Crippen molar-refractivity contribution >= 4 is 16.6 Å². The first-order valence-corrected chi connectivity index (χ1v) is 10.2. The predicted molar refractivity (Wildman–Crippen MR) is 123 cm³/mol. The summed E-state index contributed by atoms with van der Waals surface area (Å²) in [6.07, 6.45) is 1.88. The zero-order chi connectivity index (χ0) is 22.2. The minimum absolute atomic E-state index is 0.0103. The van der Waals surface area contributed by atoms with Crippen LogP contribution in [0.15, 0.2) is 89.9 Å². The largest absolute Gasteiger partial charge is 0.361 e. The number of hydrogen-bond acceptors (Lipinski definition) is 3. The molecule has 0 spiro atoms. The average molecular weight is 424 g/mol. The number of aromatic amines is 2. The number of aromatic nitrogens is 3. The molecule has 0 aliphatic heterocycles. The molecule has 2 N–H and O–H groups in total. The second kappa shape index (κ2) is 7.70. The van der Waals surface area contributed by atoms with E-state index in [2.05, 4.69) is 10.1 Å². The minimum atomic E-state index is -0.486. The highest BCUT2D eigenvalue weighted by Gasteiger charge is 2.28. The van der Waals surface area contributed by atoms with Crippen LogP contribution in [0.25, 0.3) is 16.6 Å². The van der Waals surface area contributed by atoms with Gasteiger partial charge in [-0.3, -0.25) is 20.0 Å². The van der Waals surface area contributed by atoms with Gasteiger partial charge in [0, 0.05) is 40.8 Å². The van der Waals surface area contributed by atoms with E-state index in [9.17, 15) is 14.9 Å². The van der Waals surface area contributed by atoms with Crippen LogP contribution in [-0.4, -0.2) is 19.7 Å². The molecule has 158 valence electrons. The highest BCUT2D eigenvalue weighted by molar-refractivity contribution is 5.85. The van der Waals surface area contributed by atoms with E-state index >= 15 is 0 Å². The number of nitrogens with one attached hydrogen (secondary N) is 2. The van der Waals surface area contributed by atoms with Crippen molar-refractivity contribution in [1.29, 1.82) is 0 Å². The van der Waals surface area contributed by atoms with Gasteiger partial charge >= 0.3 is 0 Å². The average Bonchev–Trinajstić information content (AvgIpc) is 3.37. The summed E-state index contributed by atoms with van der Waals surface area (Å²) >= 11 is 0. The molecule has 0 saturated carbocycles. The fourth-order valence-corrected chi connectivity index (χ4v) is 4.31. The third kappa shape index (κ3) is 3.20. The molecule has 0 bridgehead atoms. The van der Waals surface area contributed by atoms with E-state index in [1.54, 1.807) is 12.1 Å². The van der Waals surface area contributed by atoms with Gasteiger partial charge in [-0.1, -0.05) is 48.5 Å². The van der Waals surface area contributed by atoms with Crippen molar-refractivity contribution < 1.29 is 4.92 Å². The van der Waals surface area contributed by atoms with Crippen LogP contribution in [0.3, 0.4) is 0 Å². The molecule has 5 rings (SSSR count). The zero-order valence-electron chi connectivity index (χ0n) is 17.3. The van der Waals surface area contributed by atoms with Crippen molar-refractivity contribution in [2.75, 3.05) is 0 Å². The SMILES string of the molecule is Cc1[nH]n(-c2ccccc2)c(=O)c1C(c1cccc([N+](=O)[O-])c1)c1c[nH]c2ccccc12. The lowest BCUT2D eigenvalue weighted by atomic mass is 9.85. The second-order valence-corrected chi connectivity index (χ2v) is 7.70. The van der Waals surface area contributed by atoms with Gasteiger partial charge in [-0.25, -0.2) is 4.68 Å². The van der Waals surface area contributed by atoms with Gasteiger partial charge in [0.05, 0.1) is 16.2 Å². The lowest BCUT2D eigenvalue weighted by Crippen LogP contribution is -2.20. The maximum Gasteiger partial charge on any atom is 0.275 e. The Bertz CT molecular complexity index is 1490. The molecule has 0 saturated heterocycles. The number of rotatable bonds is 5. The molecule has 3 aromatic carbocycles. The summed E-state index contributed by atoms with van der Waals surface area (Å²) in [5.74, 6) is -0.486. The fourth-order valence-electron chi connectivity index (χ4n) is 4.31. The van der Waals surface area contributed by atoms with Crippen molar-refractivity contribution in [3.63, 3.8) is 0 Å². The Hall–Kier alpha value is -4.39. The van der Waals surface area contributed by atoms with Gasteiger partial charge in [0.1, 0.15) is 0 Å². The van der Waals surface area contributed by atoms with Gasteiger partial charge in [0.15, 0.2) is 0 Å². The van der Waals surface area contributed by atoms with Crippen LogP contribution in [0.4, 0.5) is 5.69 Å². The van der Waals surface area contributed by atoms with Gasteiger partial charge in [0.25, 0.3) is 11.2 Å². The van der Waals surface area contributed by atoms with Crippen molar-refractivity contribution in [2.24, 2.45) is 0 Å². The van der Waals surface area contributed by atoms with Crippen molar-refractivity contribution in [3.05, 3.63) is 128 Å². The third-order valence-electron chi connectivity index (χ3n) is 5.77. The molecule has 2 heterocycles. The molecule has 5 aromatic rings. The highest BCUT2D eigenvalue weighted by atomic mass is 16.6. The van der Waals surface area contributed by atoms with Gasteiger partial charge in [0.2, 0.25) is 0 Å². The number of nitro benzene ring substituents is 1. The molecule has 32 heavy (non-hydrogen) atoms. The molecule has 0 fully saturated rings. The van der Waals surface area contributed by atoms with E-state index < -0.39 is 10.8 Å². The monoisotopic (exact) mass is 424 g/mol. The molecule has 0 aliphatic carbocycles. The smallest absolute Gasteiger partial charge is 0.275 e. The molecule has 1 atom stereocenters. The Kier molecular flexibility index (Phi) is 4.71. The number of aryl methyl sites for hydroxylation is 1. The van der Waals surface area contributed by atoms with Crippen LogP contribution in [0.1, 0.15) is 28.3 Å². The van der Waals surface area contributed by atoms with Gasteiger partial charge in [-0.15, -0.1) is 0 Å². The summed E-state index contributed by atoms with van der Waals surface area (Å²) in [4.78, 5) is 28.0. The van der Waals surface area contributed by atoms with E-state index in [4.69, 9.17) is 0 Å². The van der Waals surface area contributed by atoms with E-state index in [1.807, 2.05) is 73.8 Å². The Balaban J connectivity index is 1.79. The molecule has 2 aromatic heterocycles. The topological polar surface area (TPSA) is 96.7 Å². The maximum absolute atomic E-state index is 13.6. The Morgan fingerprint density at radius 2 is 1.72 bits per heavy atom. The van der Waals surface area contributed by atoms with E-state index in [1.165, 1.54) is 10.7 Å². The number of H-pyrrole nitrogens is 2. The summed E-state index contributed by atoms with van der Waals surface area (Å²) in [6.45, 7) is 1.86. The summed E-state index contributed by atoms with van der Waals surface area (Å²) in [5, 5.41) is 15.6. The van der Waals surface area contributed by atoms with Crippen LogP contribution in [0.2, 0.25) is 0 Å². The number of nitro groups is 1. The first kappa shape index (κ1) is 19.6. The summed E-state index contributed by atoms with van der Waals surface area (Å²) in [5.41, 5.74) is 4.31. The number of nitrogens with zero attached hydrogens (tertiary/aromatic N) is 2. The third-order valence-corrected chi connectivity index (χ3v) is 5.77. The molecule has 0 amide bonds. The Morgan fingerprint density at radius 1 is 0.969 bits per heavy atom. The normalized spacial score (nSPS) is 12.2. The fraction of sp³-hybridized carbons (Fsp3) is 0.0800. The van der Waals surface area contributed by atoms with Crippen LogP contribution in [-0.2, 0) is 0 Å². The van der Waals surface area contributed by atoms with Crippen LogP contribution in [0.5, 0.6) is 0 Å². The molecule has 7 nitrogen and oxygen atoms in total. The van der Waals surface area contributed by atoms with E-state index in [-0.39, 0.29) is 11.2 Å². The molecular formula is C25H20N4O3. The zero-order valence-corrected chi connectivity index (χ0v) is 17.3. The van der Waals surface area contributed by atoms with Crippen LogP contribution < -0.4 is 5.56 Å². The number of fused-ring (bicyclic) bond motifs is 1. The lowest BCUT2D eigenvalue weighted by molar-refractivity contribution is -0.384. The first-order chi connectivity index (χ1) is 15.5. The van der Waals surface area contributed by atoms with Gasteiger partial charge < -0.3 is 4.98 Å². The second-order valence-electron chi connectivity index (χ2n) is 7.70. The van der Waals surface area contributed by atoms with Crippen LogP contribution >= 0.6 is 0 Å². The lowest BCUT2D eigenvalue weighted by Gasteiger charge is -2.16. The summed E-state index contributed by atoms with van der Waals surface area (Å²) < 4.78 is 1.52. The Labute approximate surface area is 183 Å². The highest BCUT2D eigenvalue weighted by Crippen LogP contribution is 2.37. The predicted octanol–water partition coefficient (Wildman–Crippen LogP) is 5.04. The first-order valence-electron chi connectivity index (χ1n) is 10.2.